The molecule has 1 fully saturated rings. The van der Waals surface area contributed by atoms with E-state index in [1.165, 1.54) is 0 Å². The van der Waals surface area contributed by atoms with Crippen LogP contribution in [0.2, 0.25) is 0 Å². The van der Waals surface area contributed by atoms with Crippen LogP contribution < -0.4 is 5.32 Å². The van der Waals surface area contributed by atoms with Crippen LogP contribution >= 0.6 is 24.0 Å². The van der Waals surface area contributed by atoms with Gasteiger partial charge < -0.3 is 14.6 Å². The Labute approximate surface area is 169 Å². The van der Waals surface area contributed by atoms with Gasteiger partial charge in [0.15, 0.2) is 10.2 Å². The minimum Gasteiger partial charge on any atom is -0.452 e. The molecule has 0 radical (unpaired) electrons. The summed E-state index contributed by atoms with van der Waals surface area (Å²) in [4.78, 5) is 7.90. The van der Waals surface area contributed by atoms with Gasteiger partial charge in [-0.3, -0.25) is 4.98 Å². The van der Waals surface area contributed by atoms with Crippen LogP contribution in [0.1, 0.15) is 37.4 Å². The van der Waals surface area contributed by atoms with Crippen molar-refractivity contribution in [2.45, 2.75) is 42.0 Å². The van der Waals surface area contributed by atoms with Gasteiger partial charge in [0, 0.05) is 17.1 Å². The number of pyridine rings is 1. The molecule has 1 N–H and O–H groups in total. The molecule has 0 amide bonds. The number of nitrogens with one attached hydrogen (secondary N) is 1. The summed E-state index contributed by atoms with van der Waals surface area (Å²) < 4.78 is 6.25. The van der Waals surface area contributed by atoms with Gasteiger partial charge in [-0.1, -0.05) is 36.0 Å². The average molecular weight is 396 g/mol. The molecular formula is C21H21N3OS2. The molecule has 2 atom stereocenters. The first-order valence-electron chi connectivity index (χ1n) is 8.96. The average Bonchev–Trinajstić information content (AvgIpc) is 3.27. The molecule has 1 aliphatic rings. The first kappa shape index (κ1) is 18.1. The van der Waals surface area contributed by atoms with Gasteiger partial charge >= 0.3 is 0 Å². The number of furan rings is 1. The third kappa shape index (κ3) is 3.73. The van der Waals surface area contributed by atoms with Gasteiger partial charge in [0.25, 0.3) is 0 Å². The van der Waals surface area contributed by atoms with Gasteiger partial charge in [0.05, 0.1) is 11.7 Å². The van der Waals surface area contributed by atoms with Crippen molar-refractivity contribution in [2.75, 3.05) is 0 Å². The van der Waals surface area contributed by atoms with Crippen molar-refractivity contribution in [3.05, 3.63) is 78.3 Å². The van der Waals surface area contributed by atoms with E-state index < -0.39 is 0 Å². The zero-order valence-corrected chi connectivity index (χ0v) is 16.8. The third-order valence-corrected chi connectivity index (χ3v) is 5.80. The zero-order valence-electron chi connectivity index (χ0n) is 15.2. The second kappa shape index (κ2) is 7.74. The van der Waals surface area contributed by atoms with Gasteiger partial charge in [0.2, 0.25) is 0 Å². The lowest BCUT2D eigenvalue weighted by Gasteiger charge is -2.29. The fourth-order valence-corrected chi connectivity index (χ4v) is 4.63. The number of rotatable bonds is 5. The van der Waals surface area contributed by atoms with Crippen molar-refractivity contribution in [3.8, 4) is 0 Å². The molecule has 1 saturated heterocycles. The number of nitrogens with zero attached hydrogens (tertiary/aromatic N) is 2. The highest BCUT2D eigenvalue weighted by molar-refractivity contribution is 7.99. The van der Waals surface area contributed by atoms with E-state index in [2.05, 4.69) is 47.2 Å². The molecule has 3 heterocycles. The fourth-order valence-electron chi connectivity index (χ4n) is 3.38. The SMILES string of the molecule is CC(C)N1C(=S)N[C@H](c2ccccn2)[C@H]1c1ccc(Sc2ccccc2)o1. The minimum atomic E-state index is -0.0400. The van der Waals surface area contributed by atoms with Gasteiger partial charge in [0.1, 0.15) is 11.8 Å². The normalized spacial score (nSPS) is 19.5. The van der Waals surface area contributed by atoms with Crippen LogP contribution in [0.25, 0.3) is 0 Å². The van der Waals surface area contributed by atoms with E-state index in [1.807, 2.05) is 48.7 Å². The molecule has 27 heavy (non-hydrogen) atoms. The van der Waals surface area contributed by atoms with E-state index >= 15 is 0 Å². The Morgan fingerprint density at radius 1 is 1.07 bits per heavy atom. The van der Waals surface area contributed by atoms with Crippen LogP contribution in [0.3, 0.4) is 0 Å². The lowest BCUT2D eigenvalue weighted by atomic mass is 10.0. The van der Waals surface area contributed by atoms with Crippen LogP contribution in [0.5, 0.6) is 0 Å². The number of aromatic nitrogens is 1. The van der Waals surface area contributed by atoms with Crippen molar-refractivity contribution in [3.63, 3.8) is 0 Å². The zero-order chi connectivity index (χ0) is 18.8. The predicted molar refractivity (Wildman–Crippen MR) is 112 cm³/mol. The number of hydrogen-bond donors (Lipinski definition) is 1. The molecule has 0 saturated carbocycles. The highest BCUT2D eigenvalue weighted by Gasteiger charge is 2.42. The molecule has 0 unspecified atom stereocenters. The van der Waals surface area contributed by atoms with E-state index in [9.17, 15) is 0 Å². The molecule has 0 bridgehead atoms. The van der Waals surface area contributed by atoms with Crippen molar-refractivity contribution in [2.24, 2.45) is 0 Å². The molecule has 1 aromatic carbocycles. The standard InChI is InChI=1S/C21H21N3OS2/c1-14(2)24-20(19(23-21(24)26)16-10-6-7-13-22-16)17-11-12-18(25-17)27-15-8-4-3-5-9-15/h3-14,19-20H,1-2H3,(H,23,26)/t19-,20-/m1/s1. The number of thiocarbonyl (C=S) groups is 1. The van der Waals surface area contributed by atoms with Gasteiger partial charge in [-0.05, 0) is 62.5 Å². The Kier molecular flexibility index (Phi) is 5.18. The highest BCUT2D eigenvalue weighted by Crippen LogP contribution is 2.42. The van der Waals surface area contributed by atoms with E-state index in [1.54, 1.807) is 11.8 Å². The second-order valence-corrected chi connectivity index (χ2v) is 8.16. The topological polar surface area (TPSA) is 41.3 Å². The molecule has 6 heteroatoms. The fraction of sp³-hybridized carbons (Fsp3) is 0.238. The molecule has 0 spiro atoms. The van der Waals surface area contributed by atoms with E-state index in [4.69, 9.17) is 16.6 Å². The maximum atomic E-state index is 6.25. The van der Waals surface area contributed by atoms with Crippen molar-refractivity contribution in [1.29, 1.82) is 0 Å². The molecule has 0 aliphatic carbocycles. The summed E-state index contributed by atoms with van der Waals surface area (Å²) in [5.41, 5.74) is 0.960. The summed E-state index contributed by atoms with van der Waals surface area (Å²) in [6, 6.07) is 20.4. The molecule has 2 aromatic heterocycles. The van der Waals surface area contributed by atoms with Gasteiger partial charge in [-0.25, -0.2) is 0 Å². The monoisotopic (exact) mass is 395 g/mol. The largest absolute Gasteiger partial charge is 0.452 e. The number of benzene rings is 1. The molecule has 4 rings (SSSR count). The summed E-state index contributed by atoms with van der Waals surface area (Å²) in [7, 11) is 0. The van der Waals surface area contributed by atoms with Crippen LogP contribution in [0, 0.1) is 0 Å². The first-order chi connectivity index (χ1) is 13.1. The first-order valence-corrected chi connectivity index (χ1v) is 10.2. The summed E-state index contributed by atoms with van der Waals surface area (Å²) in [5.74, 6) is 0.894. The molecule has 1 aliphatic heterocycles. The van der Waals surface area contributed by atoms with Crippen LogP contribution in [-0.4, -0.2) is 21.0 Å². The van der Waals surface area contributed by atoms with E-state index in [0.29, 0.717) is 0 Å². The summed E-state index contributed by atoms with van der Waals surface area (Å²) in [6.45, 7) is 4.29. The Hall–Kier alpha value is -2.31. The smallest absolute Gasteiger partial charge is 0.170 e. The molecule has 138 valence electrons. The third-order valence-electron chi connectivity index (χ3n) is 4.55. The summed E-state index contributed by atoms with van der Waals surface area (Å²) in [6.07, 6.45) is 1.81. The molecule has 3 aromatic rings. The Morgan fingerprint density at radius 3 is 2.56 bits per heavy atom. The van der Waals surface area contributed by atoms with Crippen LogP contribution in [-0.2, 0) is 0 Å². The Morgan fingerprint density at radius 2 is 1.85 bits per heavy atom. The quantitative estimate of drug-likeness (QED) is 0.598. The molecular weight excluding hydrogens is 374 g/mol. The van der Waals surface area contributed by atoms with Crippen molar-refractivity contribution >= 4 is 29.1 Å². The van der Waals surface area contributed by atoms with E-state index in [0.717, 1.165) is 26.6 Å². The summed E-state index contributed by atoms with van der Waals surface area (Å²) in [5, 5.41) is 5.05. The highest BCUT2D eigenvalue weighted by atomic mass is 32.2. The predicted octanol–water partition coefficient (Wildman–Crippen LogP) is 5.21. The van der Waals surface area contributed by atoms with Crippen LogP contribution in [0.15, 0.2) is 81.3 Å². The molecule has 4 nitrogen and oxygen atoms in total. The second-order valence-electron chi connectivity index (χ2n) is 6.70. The van der Waals surface area contributed by atoms with Crippen molar-refractivity contribution in [1.82, 2.24) is 15.2 Å². The van der Waals surface area contributed by atoms with Gasteiger partial charge in [-0.2, -0.15) is 0 Å². The lowest BCUT2D eigenvalue weighted by molar-refractivity contribution is 0.227. The summed E-state index contributed by atoms with van der Waals surface area (Å²) >= 11 is 7.24. The maximum Gasteiger partial charge on any atom is 0.170 e. The van der Waals surface area contributed by atoms with Crippen LogP contribution in [0.4, 0.5) is 0 Å². The minimum absolute atomic E-state index is 0.0301. The maximum absolute atomic E-state index is 6.25. The Bertz CT molecular complexity index is 911. The lowest BCUT2D eigenvalue weighted by Crippen LogP contribution is -2.35. The Balaban J connectivity index is 1.66. The number of hydrogen-bond acceptors (Lipinski definition) is 4. The van der Waals surface area contributed by atoms with Crippen molar-refractivity contribution < 1.29 is 4.42 Å². The van der Waals surface area contributed by atoms with E-state index in [-0.39, 0.29) is 18.1 Å². The van der Waals surface area contributed by atoms with Gasteiger partial charge in [-0.15, -0.1) is 0 Å².